The molecule has 0 radical (unpaired) electrons. The minimum absolute atomic E-state index is 0.100. The highest BCUT2D eigenvalue weighted by Gasteiger charge is 2.40. The van der Waals surface area contributed by atoms with E-state index in [-0.39, 0.29) is 16.2 Å². The summed E-state index contributed by atoms with van der Waals surface area (Å²) in [4.78, 5) is 18.5. The third kappa shape index (κ3) is 4.84. The Bertz CT molecular complexity index is 2990. The number of hydrogen-bond donors (Lipinski definition) is 0. The molecule has 280 valence electrons. The number of anilines is 3. The highest BCUT2D eigenvalue weighted by Crippen LogP contribution is 2.55. The van der Waals surface area contributed by atoms with Gasteiger partial charge in [-0.2, -0.15) is 9.97 Å². The van der Waals surface area contributed by atoms with Gasteiger partial charge in [-0.25, -0.2) is 4.98 Å². The largest absolute Gasteiger partial charge is 0.279 e. The molecule has 58 heavy (non-hydrogen) atoms. The Morgan fingerprint density at radius 1 is 0.362 bits per heavy atom. The van der Waals surface area contributed by atoms with Gasteiger partial charge in [0, 0.05) is 33.1 Å². The number of rotatable bonds is 5. The molecule has 7 aromatic carbocycles. The highest BCUT2D eigenvalue weighted by molar-refractivity contribution is 5.91. The van der Waals surface area contributed by atoms with Crippen LogP contribution in [-0.4, -0.2) is 15.0 Å². The zero-order valence-electron chi connectivity index (χ0n) is 33.8. The van der Waals surface area contributed by atoms with Gasteiger partial charge in [0.1, 0.15) is 0 Å². The first-order valence-corrected chi connectivity index (χ1v) is 20.4. The second kappa shape index (κ2) is 12.2. The van der Waals surface area contributed by atoms with Gasteiger partial charge in [-0.15, -0.1) is 0 Å². The molecule has 0 atom stereocenters. The quantitative estimate of drug-likeness (QED) is 0.176. The van der Waals surface area contributed by atoms with Gasteiger partial charge in [-0.3, -0.25) is 4.90 Å². The van der Waals surface area contributed by atoms with E-state index in [1.54, 1.807) is 0 Å². The van der Waals surface area contributed by atoms with E-state index in [0.29, 0.717) is 17.6 Å². The molecule has 1 aromatic heterocycles. The molecule has 8 aromatic rings. The molecular formula is C54H44N4. The summed E-state index contributed by atoms with van der Waals surface area (Å²) in [6.07, 6.45) is 0. The predicted octanol–water partition coefficient (Wildman–Crippen LogP) is 13.6. The lowest BCUT2D eigenvalue weighted by atomic mass is 9.81. The summed E-state index contributed by atoms with van der Waals surface area (Å²) < 4.78 is 0. The molecule has 0 fully saturated rings. The first-order valence-electron chi connectivity index (χ1n) is 20.4. The van der Waals surface area contributed by atoms with Gasteiger partial charge < -0.3 is 0 Å². The lowest BCUT2D eigenvalue weighted by Crippen LogP contribution is -2.22. The molecule has 1 heterocycles. The van der Waals surface area contributed by atoms with E-state index in [2.05, 4.69) is 204 Å². The van der Waals surface area contributed by atoms with E-state index in [0.717, 1.165) is 22.5 Å². The maximum absolute atomic E-state index is 5.46. The fraction of sp³-hybridized carbons (Fsp3) is 0.167. The van der Waals surface area contributed by atoms with E-state index in [1.165, 1.54) is 66.8 Å². The van der Waals surface area contributed by atoms with Crippen LogP contribution in [-0.2, 0) is 16.2 Å². The monoisotopic (exact) mass is 748 g/mol. The van der Waals surface area contributed by atoms with Gasteiger partial charge >= 0.3 is 0 Å². The number of nitrogens with zero attached hydrogens (tertiary/aromatic N) is 4. The van der Waals surface area contributed by atoms with Crippen LogP contribution < -0.4 is 4.90 Å². The Kier molecular flexibility index (Phi) is 7.26. The van der Waals surface area contributed by atoms with Crippen LogP contribution in [0.4, 0.5) is 17.3 Å². The zero-order chi connectivity index (χ0) is 39.6. The van der Waals surface area contributed by atoms with Crippen LogP contribution in [0.5, 0.6) is 0 Å². The molecule has 0 amide bonds. The van der Waals surface area contributed by atoms with Crippen molar-refractivity contribution in [1.29, 1.82) is 0 Å². The van der Waals surface area contributed by atoms with E-state index in [1.807, 2.05) is 0 Å². The molecule has 0 bridgehead atoms. The average molecular weight is 749 g/mol. The highest BCUT2D eigenvalue weighted by atomic mass is 15.3. The molecule has 0 saturated heterocycles. The predicted molar refractivity (Wildman–Crippen MR) is 238 cm³/mol. The topological polar surface area (TPSA) is 41.9 Å². The number of fused-ring (bicyclic) bond motifs is 9. The average Bonchev–Trinajstić information content (AvgIpc) is 3.74. The van der Waals surface area contributed by atoms with Crippen molar-refractivity contribution >= 4 is 17.3 Å². The molecule has 3 aliphatic carbocycles. The van der Waals surface area contributed by atoms with Crippen molar-refractivity contribution in [1.82, 2.24) is 15.0 Å². The van der Waals surface area contributed by atoms with Crippen LogP contribution >= 0.6 is 0 Å². The number of para-hydroxylation sites is 1. The van der Waals surface area contributed by atoms with E-state index in [4.69, 9.17) is 15.0 Å². The summed E-state index contributed by atoms with van der Waals surface area (Å²) in [7, 11) is 0. The molecule has 0 saturated carbocycles. The Morgan fingerprint density at radius 3 is 1.52 bits per heavy atom. The summed E-state index contributed by atoms with van der Waals surface area (Å²) in [6.45, 7) is 14.0. The van der Waals surface area contributed by atoms with E-state index < -0.39 is 0 Å². The Labute approximate surface area is 341 Å². The van der Waals surface area contributed by atoms with Crippen molar-refractivity contribution in [2.24, 2.45) is 0 Å². The minimum atomic E-state index is -0.255. The van der Waals surface area contributed by atoms with Crippen molar-refractivity contribution in [3.63, 3.8) is 0 Å². The van der Waals surface area contributed by atoms with Crippen molar-refractivity contribution in [2.45, 2.75) is 57.8 Å². The minimum Gasteiger partial charge on any atom is -0.279 e. The Hall–Kier alpha value is -6.65. The molecule has 0 N–H and O–H groups in total. The van der Waals surface area contributed by atoms with Crippen molar-refractivity contribution < 1.29 is 0 Å². The van der Waals surface area contributed by atoms with E-state index in [9.17, 15) is 0 Å². The molecule has 3 aliphatic rings. The van der Waals surface area contributed by atoms with Gasteiger partial charge in [0.05, 0.1) is 5.69 Å². The van der Waals surface area contributed by atoms with Crippen molar-refractivity contribution in [3.05, 3.63) is 191 Å². The normalized spacial score (nSPS) is 15.5. The molecule has 0 unspecified atom stereocenters. The standard InChI is InChI=1S/C54H44N4/c1-52(2)43-24-14-12-21-38(43)41-31-33(28-30-45(41)52)49-55-50(34-27-29-39-36-19-10-13-23-42(36)53(3,4)46(39)32-34)57-51(56-49)58(35-17-8-7-9-18-35)47-26-16-22-40-37-20-11-15-25-44(37)54(5,6)48(40)47/h7-32H,1-6H3. The summed E-state index contributed by atoms with van der Waals surface area (Å²) in [5.41, 5.74) is 18.9. The molecule has 0 spiro atoms. The second-order valence-corrected chi connectivity index (χ2v) is 17.7. The maximum atomic E-state index is 5.46. The number of benzene rings is 7. The molecule has 4 nitrogen and oxygen atoms in total. The third-order valence-corrected chi connectivity index (χ3v) is 13.3. The van der Waals surface area contributed by atoms with Gasteiger partial charge in [0.25, 0.3) is 0 Å². The molecular weight excluding hydrogens is 705 g/mol. The van der Waals surface area contributed by atoms with Crippen molar-refractivity contribution in [3.8, 4) is 56.2 Å². The Morgan fingerprint density at radius 2 is 0.845 bits per heavy atom. The van der Waals surface area contributed by atoms with Crippen LogP contribution in [0.25, 0.3) is 56.2 Å². The number of aromatic nitrogens is 3. The molecule has 11 rings (SSSR count). The maximum Gasteiger partial charge on any atom is 0.238 e. The van der Waals surface area contributed by atoms with E-state index >= 15 is 0 Å². The molecule has 4 heteroatoms. The van der Waals surface area contributed by atoms with Crippen LogP contribution in [0, 0.1) is 0 Å². The first-order chi connectivity index (χ1) is 28.0. The fourth-order valence-corrected chi connectivity index (χ4v) is 10.4. The van der Waals surface area contributed by atoms with Crippen molar-refractivity contribution in [2.75, 3.05) is 4.90 Å². The van der Waals surface area contributed by atoms with Gasteiger partial charge in [0.2, 0.25) is 5.95 Å². The summed E-state index contributed by atoms with van der Waals surface area (Å²) in [5.74, 6) is 1.87. The third-order valence-electron chi connectivity index (χ3n) is 13.3. The van der Waals surface area contributed by atoms with Crippen LogP contribution in [0.1, 0.15) is 74.9 Å². The fourth-order valence-electron chi connectivity index (χ4n) is 10.4. The Balaban J connectivity index is 1.16. The molecule has 0 aliphatic heterocycles. The van der Waals surface area contributed by atoms with Gasteiger partial charge in [-0.05, 0) is 97.1 Å². The smallest absolute Gasteiger partial charge is 0.238 e. The SMILES string of the molecule is CC1(C)c2ccccc2-c2cc(-c3nc(-c4ccc5c(c4)C(C)(C)c4ccccc4-5)nc(N(c4ccccc4)c4cccc5c4C(C)(C)c4ccccc4-5)n3)ccc21. The number of hydrogen-bond acceptors (Lipinski definition) is 4. The summed E-state index contributed by atoms with van der Waals surface area (Å²) in [5, 5.41) is 0. The zero-order valence-corrected chi connectivity index (χ0v) is 33.8. The lowest BCUT2D eigenvalue weighted by Gasteiger charge is -2.31. The summed E-state index contributed by atoms with van der Waals surface area (Å²) >= 11 is 0. The lowest BCUT2D eigenvalue weighted by molar-refractivity contribution is 0.660. The second-order valence-electron chi connectivity index (χ2n) is 17.7. The van der Waals surface area contributed by atoms with Gasteiger partial charge in [-0.1, -0.05) is 169 Å². The summed E-state index contributed by atoms with van der Waals surface area (Å²) in [6, 6.07) is 57.1. The first kappa shape index (κ1) is 34.6. The van der Waals surface area contributed by atoms with Crippen LogP contribution in [0.2, 0.25) is 0 Å². The van der Waals surface area contributed by atoms with Crippen LogP contribution in [0.15, 0.2) is 158 Å². The van der Waals surface area contributed by atoms with Crippen LogP contribution in [0.3, 0.4) is 0 Å². The van der Waals surface area contributed by atoms with Gasteiger partial charge in [0.15, 0.2) is 11.6 Å².